The number of nitrogens with one attached hydrogen (secondary N) is 1. The van der Waals surface area contributed by atoms with Gasteiger partial charge in [0.25, 0.3) is 0 Å². The molecule has 0 saturated heterocycles. The third-order valence-electron chi connectivity index (χ3n) is 1.99. The van der Waals surface area contributed by atoms with Crippen LogP contribution in [0.4, 0.5) is 0 Å². The van der Waals surface area contributed by atoms with E-state index in [1.54, 1.807) is 13.3 Å². The molecule has 0 aliphatic carbocycles. The van der Waals surface area contributed by atoms with E-state index in [2.05, 4.69) is 26.1 Å². The van der Waals surface area contributed by atoms with Gasteiger partial charge in [-0.1, -0.05) is 15.9 Å². The highest BCUT2D eigenvalue weighted by atomic mass is 79.9. The molecule has 72 valence electrons. The van der Waals surface area contributed by atoms with Gasteiger partial charge < -0.3 is 4.74 Å². The van der Waals surface area contributed by atoms with Crippen LogP contribution in [0.1, 0.15) is 0 Å². The summed E-state index contributed by atoms with van der Waals surface area (Å²) in [6, 6.07) is 5.85. The second kappa shape index (κ2) is 3.84. The van der Waals surface area contributed by atoms with Gasteiger partial charge in [0.2, 0.25) is 0 Å². The molecule has 0 amide bonds. The Balaban J connectivity index is 2.46. The summed E-state index contributed by atoms with van der Waals surface area (Å²) in [6.07, 6.45) is 3.64. The van der Waals surface area contributed by atoms with Crippen LogP contribution in [-0.2, 0) is 0 Å². The highest BCUT2D eigenvalue weighted by Gasteiger charge is 2.04. The molecule has 1 heterocycles. The smallest absolute Gasteiger partial charge is 0.120 e. The van der Waals surface area contributed by atoms with Gasteiger partial charge >= 0.3 is 0 Å². The number of H-pyrrole nitrogens is 1. The molecule has 14 heavy (non-hydrogen) atoms. The fourth-order valence-electron chi connectivity index (χ4n) is 1.26. The number of aromatic nitrogens is 2. The van der Waals surface area contributed by atoms with E-state index in [-0.39, 0.29) is 0 Å². The highest BCUT2D eigenvalue weighted by molar-refractivity contribution is 9.10. The lowest BCUT2D eigenvalue weighted by Gasteiger charge is -2.04. The van der Waals surface area contributed by atoms with Crippen molar-refractivity contribution in [3.63, 3.8) is 0 Å². The van der Waals surface area contributed by atoms with E-state index in [9.17, 15) is 0 Å². The van der Waals surface area contributed by atoms with Crippen LogP contribution < -0.4 is 4.74 Å². The number of aromatic amines is 1. The second-order valence-electron chi connectivity index (χ2n) is 2.83. The molecule has 0 radical (unpaired) electrons. The van der Waals surface area contributed by atoms with Gasteiger partial charge in [0, 0.05) is 16.2 Å². The van der Waals surface area contributed by atoms with E-state index in [1.165, 1.54) is 0 Å². The molecule has 0 aliphatic rings. The molecule has 0 atom stereocenters. The van der Waals surface area contributed by atoms with Crippen LogP contribution in [-0.4, -0.2) is 17.3 Å². The largest absolute Gasteiger partial charge is 0.497 e. The minimum absolute atomic E-state index is 0.837. The summed E-state index contributed by atoms with van der Waals surface area (Å²) in [4.78, 5) is 0. The summed E-state index contributed by atoms with van der Waals surface area (Å²) in [6.45, 7) is 0. The number of rotatable bonds is 2. The maximum atomic E-state index is 5.11. The van der Waals surface area contributed by atoms with Gasteiger partial charge in [-0.05, 0) is 23.8 Å². The molecule has 1 N–H and O–H groups in total. The normalized spacial score (nSPS) is 10.1. The van der Waals surface area contributed by atoms with Crippen LogP contribution in [0.3, 0.4) is 0 Å². The molecule has 0 saturated carbocycles. The van der Waals surface area contributed by atoms with Crippen molar-refractivity contribution in [2.24, 2.45) is 0 Å². The first-order valence-electron chi connectivity index (χ1n) is 4.14. The summed E-state index contributed by atoms with van der Waals surface area (Å²) in [5.41, 5.74) is 2.15. The zero-order chi connectivity index (χ0) is 9.97. The maximum Gasteiger partial charge on any atom is 0.120 e. The molecule has 1 aromatic heterocycles. The maximum absolute atomic E-state index is 5.11. The molecule has 3 nitrogen and oxygen atoms in total. The SMILES string of the molecule is COc1ccc(-c2cn[nH]c2)c(Br)c1. The molecule has 1 aromatic carbocycles. The van der Waals surface area contributed by atoms with Gasteiger partial charge in [-0.2, -0.15) is 5.10 Å². The van der Waals surface area contributed by atoms with Crippen LogP contribution in [0, 0.1) is 0 Å². The molecular weight excluding hydrogens is 244 g/mol. The molecule has 0 fully saturated rings. The second-order valence-corrected chi connectivity index (χ2v) is 3.69. The van der Waals surface area contributed by atoms with Gasteiger partial charge in [-0.3, -0.25) is 5.10 Å². The Bertz CT molecular complexity index is 426. The van der Waals surface area contributed by atoms with E-state index >= 15 is 0 Å². The Hall–Kier alpha value is -1.29. The molecule has 0 bridgehead atoms. The predicted molar refractivity (Wildman–Crippen MR) is 58.3 cm³/mol. The monoisotopic (exact) mass is 252 g/mol. The lowest BCUT2D eigenvalue weighted by atomic mass is 10.1. The molecule has 0 unspecified atom stereocenters. The Morgan fingerprint density at radius 2 is 2.29 bits per heavy atom. The molecule has 0 spiro atoms. The van der Waals surface area contributed by atoms with Gasteiger partial charge in [0.15, 0.2) is 0 Å². The van der Waals surface area contributed by atoms with Crippen LogP contribution in [0.5, 0.6) is 5.75 Å². The summed E-state index contributed by atoms with van der Waals surface area (Å²) >= 11 is 3.49. The third-order valence-corrected chi connectivity index (χ3v) is 2.64. The summed E-state index contributed by atoms with van der Waals surface area (Å²) in [5, 5.41) is 6.69. The van der Waals surface area contributed by atoms with E-state index in [4.69, 9.17) is 4.74 Å². The Morgan fingerprint density at radius 3 is 2.86 bits per heavy atom. The van der Waals surface area contributed by atoms with Crippen molar-refractivity contribution >= 4 is 15.9 Å². The Labute approximate surface area is 90.2 Å². The first-order valence-corrected chi connectivity index (χ1v) is 4.93. The number of nitrogens with zero attached hydrogens (tertiary/aromatic N) is 1. The number of benzene rings is 1. The fourth-order valence-corrected chi connectivity index (χ4v) is 1.84. The van der Waals surface area contributed by atoms with Gasteiger partial charge in [0.1, 0.15) is 5.75 Å². The van der Waals surface area contributed by atoms with Crippen LogP contribution >= 0.6 is 15.9 Å². The number of hydrogen-bond acceptors (Lipinski definition) is 2. The number of methoxy groups -OCH3 is 1. The molecule has 2 rings (SSSR count). The average molecular weight is 253 g/mol. The molecule has 4 heteroatoms. The lowest BCUT2D eigenvalue weighted by Crippen LogP contribution is -1.83. The topological polar surface area (TPSA) is 37.9 Å². The minimum atomic E-state index is 0.837. The first kappa shape index (κ1) is 9.27. The Kier molecular flexibility index (Phi) is 2.54. The zero-order valence-corrected chi connectivity index (χ0v) is 9.21. The van der Waals surface area contributed by atoms with Gasteiger partial charge in [0.05, 0.1) is 13.3 Å². The molecule has 0 aliphatic heterocycles. The van der Waals surface area contributed by atoms with Crippen molar-refractivity contribution in [3.8, 4) is 16.9 Å². The van der Waals surface area contributed by atoms with Crippen molar-refractivity contribution in [2.75, 3.05) is 7.11 Å². The molecular formula is C10H9BrN2O. The zero-order valence-electron chi connectivity index (χ0n) is 7.62. The van der Waals surface area contributed by atoms with Crippen LogP contribution in [0.15, 0.2) is 35.1 Å². The van der Waals surface area contributed by atoms with Gasteiger partial charge in [-0.25, -0.2) is 0 Å². The predicted octanol–water partition coefficient (Wildman–Crippen LogP) is 2.85. The Morgan fingerprint density at radius 1 is 1.43 bits per heavy atom. The van der Waals surface area contributed by atoms with E-state index < -0.39 is 0 Å². The lowest BCUT2D eigenvalue weighted by molar-refractivity contribution is 0.414. The first-order chi connectivity index (χ1) is 6.81. The quantitative estimate of drug-likeness (QED) is 0.893. The number of hydrogen-bond donors (Lipinski definition) is 1. The van der Waals surface area contributed by atoms with E-state index in [0.29, 0.717) is 0 Å². The number of ether oxygens (including phenoxy) is 1. The fraction of sp³-hybridized carbons (Fsp3) is 0.100. The molecule has 2 aromatic rings. The highest BCUT2D eigenvalue weighted by Crippen LogP contribution is 2.30. The van der Waals surface area contributed by atoms with Gasteiger partial charge in [-0.15, -0.1) is 0 Å². The van der Waals surface area contributed by atoms with Crippen molar-refractivity contribution < 1.29 is 4.74 Å². The van der Waals surface area contributed by atoms with Crippen LogP contribution in [0.2, 0.25) is 0 Å². The average Bonchev–Trinajstić information content (AvgIpc) is 2.70. The minimum Gasteiger partial charge on any atom is -0.497 e. The van der Waals surface area contributed by atoms with Crippen molar-refractivity contribution in [3.05, 3.63) is 35.1 Å². The summed E-state index contributed by atoms with van der Waals surface area (Å²) in [7, 11) is 1.65. The third kappa shape index (κ3) is 1.65. The van der Waals surface area contributed by atoms with Crippen molar-refractivity contribution in [2.45, 2.75) is 0 Å². The summed E-state index contributed by atoms with van der Waals surface area (Å²) in [5.74, 6) is 0.837. The van der Waals surface area contributed by atoms with E-state index in [0.717, 1.165) is 21.3 Å². The summed E-state index contributed by atoms with van der Waals surface area (Å²) < 4.78 is 6.11. The van der Waals surface area contributed by atoms with Crippen LogP contribution in [0.25, 0.3) is 11.1 Å². The standard InChI is InChI=1S/C10H9BrN2O/c1-14-8-2-3-9(10(11)4-8)7-5-12-13-6-7/h2-6H,1H3,(H,12,13). The van der Waals surface area contributed by atoms with Crippen molar-refractivity contribution in [1.82, 2.24) is 10.2 Å². The van der Waals surface area contributed by atoms with E-state index in [1.807, 2.05) is 24.4 Å². The van der Waals surface area contributed by atoms with Crippen molar-refractivity contribution in [1.29, 1.82) is 0 Å². The number of halogens is 1.